The molecule has 0 aliphatic carbocycles. The van der Waals surface area contributed by atoms with Gasteiger partial charge < -0.3 is 5.73 Å². The molecule has 0 spiro atoms. The van der Waals surface area contributed by atoms with Crippen LogP contribution >= 0.6 is 0 Å². The number of nitrogens with zero attached hydrogens (tertiary/aromatic N) is 1. The van der Waals surface area contributed by atoms with Gasteiger partial charge in [-0.2, -0.15) is 0 Å². The van der Waals surface area contributed by atoms with Crippen LogP contribution < -0.4 is 10.9 Å². The number of primary sulfonamides is 1. The van der Waals surface area contributed by atoms with Gasteiger partial charge in [-0.25, -0.2) is 13.6 Å². The molecule has 5 nitrogen and oxygen atoms in total. The maximum atomic E-state index is 10.9. The summed E-state index contributed by atoms with van der Waals surface area (Å²) in [4.78, 5) is 2.17. The van der Waals surface area contributed by atoms with E-state index in [9.17, 15) is 8.42 Å². The third kappa shape index (κ3) is 4.46. The Morgan fingerprint density at radius 2 is 2.07 bits per heavy atom. The first-order valence-electron chi connectivity index (χ1n) is 5.37. The van der Waals surface area contributed by atoms with E-state index in [0.29, 0.717) is 25.0 Å². The monoisotopic (exact) mass is 235 g/mol. The van der Waals surface area contributed by atoms with Crippen LogP contribution in [-0.4, -0.2) is 44.7 Å². The summed E-state index contributed by atoms with van der Waals surface area (Å²) in [5.74, 6) is 0.538. The van der Waals surface area contributed by atoms with Gasteiger partial charge in [-0.15, -0.1) is 0 Å². The third-order valence-electron chi connectivity index (χ3n) is 3.11. The Bertz CT molecular complexity index is 292. The van der Waals surface area contributed by atoms with Crippen molar-refractivity contribution < 1.29 is 8.42 Å². The van der Waals surface area contributed by atoms with Crippen LogP contribution in [0.3, 0.4) is 0 Å². The Hall–Kier alpha value is -0.170. The molecule has 1 aliphatic heterocycles. The van der Waals surface area contributed by atoms with Gasteiger partial charge in [0.1, 0.15) is 0 Å². The van der Waals surface area contributed by atoms with Gasteiger partial charge in [0.25, 0.3) is 0 Å². The lowest BCUT2D eigenvalue weighted by molar-refractivity contribution is 0.128. The summed E-state index contributed by atoms with van der Waals surface area (Å²) in [7, 11) is -3.34. The zero-order valence-electron chi connectivity index (χ0n) is 9.22. The number of sulfonamides is 1. The highest BCUT2D eigenvalue weighted by atomic mass is 32.2. The van der Waals surface area contributed by atoms with Crippen molar-refractivity contribution in [1.82, 2.24) is 4.90 Å². The van der Waals surface area contributed by atoms with Gasteiger partial charge in [0.15, 0.2) is 0 Å². The van der Waals surface area contributed by atoms with Crippen LogP contribution in [0.15, 0.2) is 0 Å². The molecule has 0 saturated carbocycles. The van der Waals surface area contributed by atoms with Gasteiger partial charge in [0.05, 0.1) is 5.75 Å². The second kappa shape index (κ2) is 5.25. The van der Waals surface area contributed by atoms with Crippen molar-refractivity contribution in [2.75, 3.05) is 25.4 Å². The van der Waals surface area contributed by atoms with E-state index in [4.69, 9.17) is 10.9 Å². The Balaban J connectivity index is 2.44. The van der Waals surface area contributed by atoms with Crippen LogP contribution in [0.5, 0.6) is 0 Å². The minimum Gasteiger partial charge on any atom is -0.330 e. The fourth-order valence-electron chi connectivity index (χ4n) is 2.01. The van der Waals surface area contributed by atoms with Crippen molar-refractivity contribution in [3.05, 3.63) is 0 Å². The lowest BCUT2D eigenvalue weighted by Gasteiger charge is -2.37. The molecule has 15 heavy (non-hydrogen) atoms. The molecule has 1 heterocycles. The maximum absolute atomic E-state index is 10.9. The quantitative estimate of drug-likeness (QED) is 0.676. The topological polar surface area (TPSA) is 89.4 Å². The molecule has 2 unspecified atom stereocenters. The fraction of sp³-hybridized carbons (Fsp3) is 1.00. The van der Waals surface area contributed by atoms with Gasteiger partial charge in [-0.3, -0.25) is 4.90 Å². The molecule has 0 radical (unpaired) electrons. The summed E-state index contributed by atoms with van der Waals surface area (Å²) < 4.78 is 21.7. The summed E-state index contributed by atoms with van der Waals surface area (Å²) in [5, 5.41) is 4.99. The molecule has 0 aromatic carbocycles. The smallest absolute Gasteiger partial charge is 0.210 e. The van der Waals surface area contributed by atoms with Crippen molar-refractivity contribution in [3.8, 4) is 0 Å². The van der Waals surface area contributed by atoms with Gasteiger partial charge >= 0.3 is 0 Å². The SMILES string of the molecule is CC1CCC(CN)CN1CCS(N)(=O)=O. The van der Waals surface area contributed by atoms with Crippen molar-refractivity contribution in [2.24, 2.45) is 16.8 Å². The molecule has 1 saturated heterocycles. The molecule has 1 fully saturated rings. The number of nitrogens with two attached hydrogens (primary N) is 2. The molecule has 0 aromatic heterocycles. The molecule has 1 aliphatic rings. The van der Waals surface area contributed by atoms with Crippen molar-refractivity contribution in [2.45, 2.75) is 25.8 Å². The lowest BCUT2D eigenvalue weighted by Crippen LogP contribution is -2.46. The second-order valence-corrected chi connectivity index (χ2v) is 6.12. The van der Waals surface area contributed by atoms with Crippen LogP contribution in [0, 0.1) is 5.92 Å². The van der Waals surface area contributed by atoms with Crippen LogP contribution in [0.2, 0.25) is 0 Å². The minimum absolute atomic E-state index is 0.0363. The van der Waals surface area contributed by atoms with Gasteiger partial charge in [-0.05, 0) is 32.2 Å². The Morgan fingerprint density at radius 1 is 1.40 bits per heavy atom. The molecule has 4 N–H and O–H groups in total. The van der Waals surface area contributed by atoms with Crippen molar-refractivity contribution in [1.29, 1.82) is 0 Å². The zero-order chi connectivity index (χ0) is 11.5. The normalized spacial score (nSPS) is 29.3. The Morgan fingerprint density at radius 3 is 2.60 bits per heavy atom. The van der Waals surface area contributed by atoms with E-state index in [1.165, 1.54) is 0 Å². The highest BCUT2D eigenvalue weighted by molar-refractivity contribution is 7.89. The second-order valence-electron chi connectivity index (χ2n) is 4.39. The van der Waals surface area contributed by atoms with E-state index < -0.39 is 10.0 Å². The summed E-state index contributed by atoms with van der Waals surface area (Å²) in [6.45, 7) is 4.22. The predicted octanol–water partition coefficient (Wildman–Crippen LogP) is -0.666. The molecule has 0 amide bonds. The van der Waals surface area contributed by atoms with E-state index >= 15 is 0 Å². The number of likely N-dealkylation sites (tertiary alicyclic amines) is 1. The number of hydrogen-bond acceptors (Lipinski definition) is 4. The number of rotatable bonds is 4. The summed E-state index contributed by atoms with van der Waals surface area (Å²) in [6.07, 6.45) is 2.23. The van der Waals surface area contributed by atoms with Crippen molar-refractivity contribution >= 4 is 10.0 Å². The van der Waals surface area contributed by atoms with Gasteiger partial charge in [0, 0.05) is 19.1 Å². The maximum Gasteiger partial charge on any atom is 0.210 e. The van der Waals surface area contributed by atoms with Crippen LogP contribution in [0.1, 0.15) is 19.8 Å². The van der Waals surface area contributed by atoms with Crippen LogP contribution in [-0.2, 0) is 10.0 Å². The molecule has 6 heteroatoms. The average molecular weight is 235 g/mol. The van der Waals surface area contributed by atoms with Crippen LogP contribution in [0.4, 0.5) is 0 Å². The molecule has 1 rings (SSSR count). The number of hydrogen-bond donors (Lipinski definition) is 2. The molecular weight excluding hydrogens is 214 g/mol. The zero-order valence-corrected chi connectivity index (χ0v) is 10.0. The van der Waals surface area contributed by atoms with E-state index in [2.05, 4.69) is 11.8 Å². The first-order valence-corrected chi connectivity index (χ1v) is 7.08. The average Bonchev–Trinajstić information content (AvgIpc) is 2.15. The fourth-order valence-corrected chi connectivity index (χ4v) is 2.50. The molecular formula is C9H21N3O2S. The highest BCUT2D eigenvalue weighted by Crippen LogP contribution is 2.20. The minimum atomic E-state index is -3.34. The first kappa shape index (κ1) is 12.9. The van der Waals surface area contributed by atoms with Gasteiger partial charge in [0.2, 0.25) is 10.0 Å². The lowest BCUT2D eigenvalue weighted by atomic mass is 9.94. The van der Waals surface area contributed by atoms with E-state index in [1.807, 2.05) is 0 Å². The van der Waals surface area contributed by atoms with E-state index in [0.717, 1.165) is 19.4 Å². The van der Waals surface area contributed by atoms with E-state index in [-0.39, 0.29) is 5.75 Å². The summed E-state index contributed by atoms with van der Waals surface area (Å²) >= 11 is 0. The standard InChI is InChI=1S/C9H21N3O2S/c1-8-2-3-9(6-10)7-12(8)4-5-15(11,13)14/h8-9H,2-7,10H2,1H3,(H2,11,13,14). The molecule has 0 aromatic rings. The van der Waals surface area contributed by atoms with E-state index in [1.54, 1.807) is 0 Å². The number of piperidine rings is 1. The summed E-state index contributed by atoms with van der Waals surface area (Å²) in [6, 6.07) is 0.439. The van der Waals surface area contributed by atoms with Crippen molar-refractivity contribution in [3.63, 3.8) is 0 Å². The Kier molecular flexibility index (Phi) is 4.51. The summed E-state index contributed by atoms with van der Waals surface area (Å²) in [5.41, 5.74) is 5.62. The van der Waals surface area contributed by atoms with Crippen LogP contribution in [0.25, 0.3) is 0 Å². The molecule has 90 valence electrons. The molecule has 0 bridgehead atoms. The third-order valence-corrected chi connectivity index (χ3v) is 3.86. The largest absolute Gasteiger partial charge is 0.330 e. The van der Waals surface area contributed by atoms with Gasteiger partial charge in [-0.1, -0.05) is 0 Å². The first-order chi connectivity index (χ1) is 6.92. The molecule has 2 atom stereocenters. The predicted molar refractivity (Wildman–Crippen MR) is 60.8 cm³/mol. The Labute approximate surface area is 91.9 Å². The highest BCUT2D eigenvalue weighted by Gasteiger charge is 2.24.